The predicted molar refractivity (Wildman–Crippen MR) is 138 cm³/mol. The molecule has 8 heteroatoms. The van der Waals surface area contributed by atoms with E-state index in [1.165, 1.54) is 6.07 Å². The molecule has 5 N–H and O–H groups in total. The number of methoxy groups -OCH3 is 1. The summed E-state index contributed by atoms with van der Waals surface area (Å²) in [5.41, 5.74) is 3.25. The maximum absolute atomic E-state index is 12.7. The van der Waals surface area contributed by atoms with E-state index in [2.05, 4.69) is 15.6 Å². The molecule has 8 nitrogen and oxygen atoms in total. The van der Waals surface area contributed by atoms with Gasteiger partial charge in [0, 0.05) is 42.0 Å². The molecule has 1 amide bonds. The van der Waals surface area contributed by atoms with Gasteiger partial charge >= 0.3 is 0 Å². The van der Waals surface area contributed by atoms with Crippen LogP contribution in [0.5, 0.6) is 11.6 Å². The molecule has 1 aromatic heterocycles. The van der Waals surface area contributed by atoms with Crippen LogP contribution in [-0.4, -0.2) is 51.9 Å². The maximum atomic E-state index is 12.7. The Kier molecular flexibility index (Phi) is 9.41. The zero-order chi connectivity index (χ0) is 26.1. The third kappa shape index (κ3) is 7.78. The fourth-order valence-electron chi connectivity index (χ4n) is 3.93. The van der Waals surface area contributed by atoms with E-state index in [0.29, 0.717) is 48.5 Å². The normalized spacial score (nSPS) is 12.2. The van der Waals surface area contributed by atoms with Crippen molar-refractivity contribution in [3.8, 4) is 11.6 Å². The van der Waals surface area contributed by atoms with E-state index < -0.39 is 6.10 Å². The highest BCUT2D eigenvalue weighted by Gasteiger charge is 2.21. The highest BCUT2D eigenvalue weighted by Crippen LogP contribution is 2.23. The van der Waals surface area contributed by atoms with Crippen molar-refractivity contribution in [3.63, 3.8) is 0 Å². The first-order valence-electron chi connectivity index (χ1n) is 11.9. The Hall–Kier alpha value is -3.46. The Bertz CT molecular complexity index is 1150. The molecule has 3 aromatic rings. The van der Waals surface area contributed by atoms with Crippen molar-refractivity contribution in [2.24, 2.45) is 0 Å². The topological polar surface area (TPSA) is 124 Å². The summed E-state index contributed by atoms with van der Waals surface area (Å²) in [4.78, 5) is 16.8. The van der Waals surface area contributed by atoms with Crippen molar-refractivity contribution in [2.75, 3.05) is 20.2 Å². The number of nitrogens with zero attached hydrogens (tertiary/aromatic N) is 1. The lowest BCUT2D eigenvalue weighted by Gasteiger charge is -2.28. The number of aliphatic hydroxyl groups is 2. The number of carbonyl (C=O) groups excluding carboxylic acids is 1. The highest BCUT2D eigenvalue weighted by atomic mass is 16.5. The molecular weight excluding hydrogens is 458 g/mol. The van der Waals surface area contributed by atoms with E-state index in [0.717, 1.165) is 11.1 Å². The lowest BCUT2D eigenvalue weighted by atomic mass is 9.93. The van der Waals surface area contributed by atoms with Crippen LogP contribution in [0.3, 0.4) is 0 Å². The first-order chi connectivity index (χ1) is 17.2. The molecule has 0 spiro atoms. The van der Waals surface area contributed by atoms with Gasteiger partial charge in [-0.1, -0.05) is 24.3 Å². The molecular formula is C28H35N3O5. The van der Waals surface area contributed by atoms with Crippen LogP contribution in [0.4, 0.5) is 0 Å². The van der Waals surface area contributed by atoms with E-state index in [1.807, 2.05) is 38.1 Å². The number of nitrogens with one attached hydrogen (secondary N) is 2. The number of amides is 1. The van der Waals surface area contributed by atoms with Gasteiger partial charge in [-0.3, -0.25) is 4.79 Å². The van der Waals surface area contributed by atoms with Crippen LogP contribution in [0.2, 0.25) is 0 Å². The van der Waals surface area contributed by atoms with Crippen molar-refractivity contribution < 1.29 is 24.9 Å². The standard InChI is InChI=1S/C28H35N3O5/c1-28(2,31-17-25(34)21-8-9-24(33)23(14-21)18-32)15-20-5-4-6-22(13-20)27(35)29-12-11-19-7-10-26(36-3)30-16-19/h4-10,13-14,16,25,31-34H,11-12,15,17-18H2,1-3H3,(H,29,35)/t25-/m1/s1. The van der Waals surface area contributed by atoms with Gasteiger partial charge in [0.15, 0.2) is 0 Å². The second-order valence-corrected chi connectivity index (χ2v) is 9.42. The largest absolute Gasteiger partial charge is 0.508 e. The summed E-state index contributed by atoms with van der Waals surface area (Å²) in [6.45, 7) is 4.56. The van der Waals surface area contributed by atoms with E-state index in [9.17, 15) is 20.1 Å². The van der Waals surface area contributed by atoms with Crippen molar-refractivity contribution in [3.05, 3.63) is 88.6 Å². The smallest absolute Gasteiger partial charge is 0.251 e. The Morgan fingerprint density at radius 1 is 1.11 bits per heavy atom. The number of aromatic hydroxyl groups is 1. The molecule has 2 aromatic carbocycles. The minimum atomic E-state index is -0.798. The summed E-state index contributed by atoms with van der Waals surface area (Å²) >= 11 is 0. The number of rotatable bonds is 12. The molecule has 3 rings (SSSR count). The van der Waals surface area contributed by atoms with Gasteiger partial charge in [0.05, 0.1) is 19.8 Å². The van der Waals surface area contributed by atoms with E-state index >= 15 is 0 Å². The number of hydrogen-bond acceptors (Lipinski definition) is 7. The minimum absolute atomic E-state index is 0.00315. The number of β-amino-alcohol motifs (C(OH)–C–C–N with tert-alkyl or cyclic N) is 1. The first-order valence-corrected chi connectivity index (χ1v) is 11.9. The number of ether oxygens (including phenoxy) is 1. The van der Waals surface area contributed by atoms with Crippen molar-refractivity contribution in [1.82, 2.24) is 15.6 Å². The molecule has 0 saturated heterocycles. The molecule has 0 saturated carbocycles. The number of phenols is 1. The molecule has 36 heavy (non-hydrogen) atoms. The average molecular weight is 494 g/mol. The van der Waals surface area contributed by atoms with Crippen LogP contribution < -0.4 is 15.4 Å². The fourth-order valence-corrected chi connectivity index (χ4v) is 3.93. The molecule has 192 valence electrons. The number of aromatic nitrogens is 1. The molecule has 1 atom stereocenters. The molecule has 0 unspecified atom stereocenters. The van der Waals surface area contributed by atoms with Gasteiger partial charge in [-0.15, -0.1) is 0 Å². The lowest BCUT2D eigenvalue weighted by molar-refractivity contribution is 0.0954. The monoisotopic (exact) mass is 493 g/mol. The van der Waals surface area contributed by atoms with E-state index in [1.54, 1.807) is 37.6 Å². The molecule has 0 radical (unpaired) electrons. The zero-order valence-electron chi connectivity index (χ0n) is 21.0. The number of aliphatic hydroxyl groups excluding tert-OH is 2. The van der Waals surface area contributed by atoms with Crippen molar-refractivity contribution >= 4 is 5.91 Å². The van der Waals surface area contributed by atoms with Gasteiger partial charge < -0.3 is 30.7 Å². The van der Waals surface area contributed by atoms with Crippen LogP contribution in [0.15, 0.2) is 60.8 Å². The van der Waals surface area contributed by atoms with E-state index in [-0.39, 0.29) is 23.8 Å². The third-order valence-electron chi connectivity index (χ3n) is 5.97. The summed E-state index contributed by atoms with van der Waals surface area (Å²) in [5, 5.41) is 36.0. The summed E-state index contributed by atoms with van der Waals surface area (Å²) in [5.74, 6) is 0.428. The number of hydrogen-bond donors (Lipinski definition) is 5. The second kappa shape index (κ2) is 12.5. The van der Waals surface area contributed by atoms with Crippen LogP contribution in [0.1, 0.15) is 52.6 Å². The van der Waals surface area contributed by atoms with Gasteiger partial charge in [0.25, 0.3) is 5.91 Å². The Balaban J connectivity index is 1.52. The summed E-state index contributed by atoms with van der Waals surface area (Å²) in [7, 11) is 1.57. The third-order valence-corrected chi connectivity index (χ3v) is 5.97. The Labute approximate surface area is 212 Å². The zero-order valence-corrected chi connectivity index (χ0v) is 21.0. The molecule has 1 heterocycles. The Morgan fingerprint density at radius 3 is 2.61 bits per heavy atom. The van der Waals surface area contributed by atoms with Gasteiger partial charge in [-0.05, 0) is 67.6 Å². The maximum Gasteiger partial charge on any atom is 0.251 e. The van der Waals surface area contributed by atoms with Crippen LogP contribution in [-0.2, 0) is 19.4 Å². The van der Waals surface area contributed by atoms with Gasteiger partial charge in [0.2, 0.25) is 5.88 Å². The summed E-state index contributed by atoms with van der Waals surface area (Å²) < 4.78 is 5.06. The van der Waals surface area contributed by atoms with Crippen molar-refractivity contribution in [1.29, 1.82) is 0 Å². The average Bonchev–Trinajstić information content (AvgIpc) is 2.88. The van der Waals surface area contributed by atoms with Gasteiger partial charge in [0.1, 0.15) is 5.75 Å². The SMILES string of the molecule is COc1ccc(CCNC(=O)c2cccc(CC(C)(C)NC[C@@H](O)c3ccc(O)c(CO)c3)c2)cn1. The van der Waals surface area contributed by atoms with E-state index in [4.69, 9.17) is 4.74 Å². The van der Waals surface area contributed by atoms with Gasteiger partial charge in [-0.25, -0.2) is 4.98 Å². The molecule has 0 fully saturated rings. The number of carbonyl (C=O) groups is 1. The summed E-state index contributed by atoms with van der Waals surface area (Å²) in [6, 6.07) is 16.0. The van der Waals surface area contributed by atoms with Crippen molar-refractivity contribution in [2.45, 2.75) is 44.9 Å². The lowest BCUT2D eigenvalue weighted by Crippen LogP contribution is -2.43. The molecule has 0 aliphatic heterocycles. The van der Waals surface area contributed by atoms with Crippen LogP contribution in [0, 0.1) is 0 Å². The van der Waals surface area contributed by atoms with Crippen LogP contribution in [0.25, 0.3) is 0 Å². The number of pyridine rings is 1. The Morgan fingerprint density at radius 2 is 1.92 bits per heavy atom. The second-order valence-electron chi connectivity index (χ2n) is 9.42. The first kappa shape index (κ1) is 27.1. The molecule has 0 bridgehead atoms. The highest BCUT2D eigenvalue weighted by molar-refractivity contribution is 5.94. The molecule has 0 aliphatic rings. The predicted octanol–water partition coefficient (Wildman–Crippen LogP) is 2.90. The van der Waals surface area contributed by atoms with Gasteiger partial charge in [-0.2, -0.15) is 0 Å². The fraction of sp³-hybridized carbons (Fsp3) is 0.357. The number of benzene rings is 2. The summed E-state index contributed by atoms with van der Waals surface area (Å²) in [6.07, 6.45) is 2.26. The van der Waals surface area contributed by atoms with Crippen LogP contribution >= 0.6 is 0 Å². The minimum Gasteiger partial charge on any atom is -0.508 e. The quantitative estimate of drug-likeness (QED) is 0.263. The molecule has 0 aliphatic carbocycles.